The van der Waals surface area contributed by atoms with E-state index >= 15 is 0 Å². The van der Waals surface area contributed by atoms with Gasteiger partial charge < -0.3 is 5.32 Å². The van der Waals surface area contributed by atoms with Crippen LogP contribution in [0.25, 0.3) is 0 Å². The van der Waals surface area contributed by atoms with E-state index in [2.05, 4.69) is 10.8 Å². The van der Waals surface area contributed by atoms with Gasteiger partial charge in [-0.05, 0) is 36.4 Å². The van der Waals surface area contributed by atoms with Gasteiger partial charge in [0.2, 0.25) is 0 Å². The molecular formula is C13H14N2O. The topological polar surface area (TPSA) is 33.3 Å². The van der Waals surface area contributed by atoms with Gasteiger partial charge in [-0.25, -0.2) is 0 Å². The Balaban J connectivity index is 2.05. The van der Waals surface area contributed by atoms with Gasteiger partial charge in [-0.3, -0.25) is 10.3 Å². The first-order valence-electron chi connectivity index (χ1n) is 5.09. The molecule has 2 aromatic rings. The molecule has 0 unspecified atom stereocenters. The van der Waals surface area contributed by atoms with Gasteiger partial charge in [0, 0.05) is 11.4 Å². The lowest BCUT2D eigenvalue weighted by Crippen LogP contribution is -1.95. The van der Waals surface area contributed by atoms with E-state index in [-0.39, 0.29) is 0 Å². The molecule has 0 fully saturated rings. The highest BCUT2D eigenvalue weighted by molar-refractivity contribution is 5.61. The normalized spacial score (nSPS) is 9.81. The fraction of sp³-hybridized carbons (Fsp3) is 0.0769. The van der Waals surface area contributed by atoms with Crippen LogP contribution in [0.5, 0.6) is 0 Å². The van der Waals surface area contributed by atoms with Crippen molar-refractivity contribution in [2.45, 2.75) is 0 Å². The molecule has 16 heavy (non-hydrogen) atoms. The van der Waals surface area contributed by atoms with Crippen molar-refractivity contribution in [2.75, 3.05) is 17.9 Å². The summed E-state index contributed by atoms with van der Waals surface area (Å²) in [5, 5.41) is 3.30. The Hall–Kier alpha value is -2.00. The minimum absolute atomic E-state index is 0.932. The van der Waals surface area contributed by atoms with Gasteiger partial charge in [-0.15, -0.1) is 0 Å². The van der Waals surface area contributed by atoms with Crippen LogP contribution in [0.1, 0.15) is 0 Å². The van der Waals surface area contributed by atoms with Crippen LogP contribution in [0, 0.1) is 0 Å². The van der Waals surface area contributed by atoms with Crippen LogP contribution in [0.4, 0.5) is 17.1 Å². The molecule has 0 amide bonds. The molecule has 0 saturated carbocycles. The van der Waals surface area contributed by atoms with Gasteiger partial charge in [0.05, 0.1) is 12.8 Å². The smallest absolute Gasteiger partial charge is 0.0636 e. The summed E-state index contributed by atoms with van der Waals surface area (Å²) in [5.74, 6) is 0. The zero-order valence-electron chi connectivity index (χ0n) is 9.10. The monoisotopic (exact) mass is 214 g/mol. The molecule has 0 atom stereocenters. The van der Waals surface area contributed by atoms with E-state index in [0.717, 1.165) is 17.1 Å². The lowest BCUT2D eigenvalue weighted by atomic mass is 10.2. The van der Waals surface area contributed by atoms with Crippen molar-refractivity contribution in [1.82, 2.24) is 0 Å². The summed E-state index contributed by atoms with van der Waals surface area (Å²) in [6, 6.07) is 18.0. The number of hydrogen-bond donors (Lipinski definition) is 2. The van der Waals surface area contributed by atoms with Crippen LogP contribution in [-0.4, -0.2) is 7.11 Å². The van der Waals surface area contributed by atoms with Crippen LogP contribution in [-0.2, 0) is 4.84 Å². The maximum atomic E-state index is 4.82. The molecule has 0 spiro atoms. The van der Waals surface area contributed by atoms with E-state index in [4.69, 9.17) is 4.84 Å². The number of benzene rings is 2. The molecular weight excluding hydrogens is 200 g/mol. The minimum Gasteiger partial charge on any atom is -0.356 e. The molecule has 0 radical (unpaired) electrons. The van der Waals surface area contributed by atoms with Gasteiger partial charge in [0.15, 0.2) is 0 Å². The zero-order valence-corrected chi connectivity index (χ0v) is 9.10. The Bertz CT molecular complexity index is 425. The summed E-state index contributed by atoms with van der Waals surface area (Å²) in [6.07, 6.45) is 0. The van der Waals surface area contributed by atoms with Gasteiger partial charge in [0.25, 0.3) is 0 Å². The zero-order chi connectivity index (χ0) is 11.2. The van der Waals surface area contributed by atoms with Crippen LogP contribution < -0.4 is 10.8 Å². The third-order valence-electron chi connectivity index (χ3n) is 2.17. The average Bonchev–Trinajstić information content (AvgIpc) is 2.33. The number of para-hydroxylation sites is 1. The fourth-order valence-electron chi connectivity index (χ4n) is 1.43. The molecule has 0 heterocycles. The number of hydrogen-bond acceptors (Lipinski definition) is 3. The van der Waals surface area contributed by atoms with Crippen molar-refractivity contribution >= 4 is 17.1 Å². The predicted octanol–water partition coefficient (Wildman–Crippen LogP) is 3.40. The summed E-state index contributed by atoms with van der Waals surface area (Å²) in [7, 11) is 1.59. The first kappa shape index (κ1) is 10.5. The van der Waals surface area contributed by atoms with Gasteiger partial charge in [0.1, 0.15) is 0 Å². The van der Waals surface area contributed by atoms with Crippen molar-refractivity contribution in [1.29, 1.82) is 0 Å². The number of anilines is 3. The molecule has 2 aromatic carbocycles. The van der Waals surface area contributed by atoms with E-state index in [1.165, 1.54) is 0 Å². The van der Waals surface area contributed by atoms with E-state index in [1.807, 2.05) is 54.6 Å². The Morgan fingerprint density at radius 1 is 0.750 bits per heavy atom. The van der Waals surface area contributed by atoms with Crippen molar-refractivity contribution in [3.8, 4) is 0 Å². The summed E-state index contributed by atoms with van der Waals surface area (Å²) in [5.41, 5.74) is 5.83. The largest absolute Gasteiger partial charge is 0.356 e. The van der Waals surface area contributed by atoms with Crippen LogP contribution in [0.3, 0.4) is 0 Å². The molecule has 0 saturated heterocycles. The highest BCUT2D eigenvalue weighted by Crippen LogP contribution is 2.18. The van der Waals surface area contributed by atoms with Gasteiger partial charge in [-0.2, -0.15) is 0 Å². The lowest BCUT2D eigenvalue weighted by Gasteiger charge is -2.07. The second-order valence-corrected chi connectivity index (χ2v) is 3.37. The summed E-state index contributed by atoms with van der Waals surface area (Å²) in [6.45, 7) is 0. The SMILES string of the molecule is CONc1ccc(Nc2ccccc2)cc1. The van der Waals surface area contributed by atoms with Crippen LogP contribution >= 0.6 is 0 Å². The third-order valence-corrected chi connectivity index (χ3v) is 2.17. The molecule has 2 N–H and O–H groups in total. The van der Waals surface area contributed by atoms with E-state index in [0.29, 0.717) is 0 Å². The standard InChI is InChI=1S/C13H14N2O/c1-16-15-13-9-7-12(8-10-13)14-11-5-3-2-4-6-11/h2-10,14-15H,1H3. The number of nitrogens with one attached hydrogen (secondary N) is 2. The fourth-order valence-corrected chi connectivity index (χ4v) is 1.43. The van der Waals surface area contributed by atoms with E-state index in [1.54, 1.807) is 7.11 Å². The molecule has 0 aliphatic carbocycles. The molecule has 82 valence electrons. The summed E-state index contributed by atoms with van der Waals surface area (Å²) in [4.78, 5) is 4.82. The molecule has 3 heteroatoms. The van der Waals surface area contributed by atoms with Crippen molar-refractivity contribution in [3.05, 3.63) is 54.6 Å². The van der Waals surface area contributed by atoms with Gasteiger partial charge >= 0.3 is 0 Å². The minimum atomic E-state index is 0.932. The van der Waals surface area contributed by atoms with Crippen molar-refractivity contribution < 1.29 is 4.84 Å². The van der Waals surface area contributed by atoms with Crippen LogP contribution in [0.15, 0.2) is 54.6 Å². The van der Waals surface area contributed by atoms with Gasteiger partial charge in [-0.1, -0.05) is 18.2 Å². The summed E-state index contributed by atoms with van der Waals surface area (Å²) < 4.78 is 0. The molecule has 0 aliphatic heterocycles. The molecule has 0 bridgehead atoms. The predicted molar refractivity (Wildman–Crippen MR) is 66.8 cm³/mol. The van der Waals surface area contributed by atoms with Crippen molar-refractivity contribution in [3.63, 3.8) is 0 Å². The Kier molecular flexibility index (Phi) is 3.41. The van der Waals surface area contributed by atoms with E-state index < -0.39 is 0 Å². The van der Waals surface area contributed by atoms with Crippen molar-refractivity contribution in [2.24, 2.45) is 0 Å². The second kappa shape index (κ2) is 5.19. The maximum Gasteiger partial charge on any atom is 0.0636 e. The molecule has 0 aliphatic rings. The highest BCUT2D eigenvalue weighted by Gasteiger charge is 1.94. The first-order chi connectivity index (χ1) is 7.88. The Morgan fingerprint density at radius 3 is 1.94 bits per heavy atom. The van der Waals surface area contributed by atoms with E-state index in [9.17, 15) is 0 Å². The molecule has 0 aromatic heterocycles. The maximum absolute atomic E-state index is 4.82. The average molecular weight is 214 g/mol. The Morgan fingerprint density at radius 2 is 1.31 bits per heavy atom. The number of rotatable bonds is 4. The third kappa shape index (κ3) is 2.74. The Labute approximate surface area is 95.0 Å². The molecule has 3 nitrogen and oxygen atoms in total. The molecule has 2 rings (SSSR count). The first-order valence-corrected chi connectivity index (χ1v) is 5.09. The second-order valence-electron chi connectivity index (χ2n) is 3.37. The lowest BCUT2D eigenvalue weighted by molar-refractivity contribution is 0.271. The van der Waals surface area contributed by atoms with Crippen LogP contribution in [0.2, 0.25) is 0 Å². The summed E-state index contributed by atoms with van der Waals surface area (Å²) >= 11 is 0. The highest BCUT2D eigenvalue weighted by atomic mass is 16.6. The quantitative estimate of drug-likeness (QED) is 0.765.